The molecule has 2 aromatic rings. The molecule has 0 aliphatic rings. The van der Waals surface area contributed by atoms with Gasteiger partial charge in [-0.05, 0) is 42.4 Å². The summed E-state index contributed by atoms with van der Waals surface area (Å²) in [6.45, 7) is 3.99. The van der Waals surface area contributed by atoms with Gasteiger partial charge in [0.2, 0.25) is 5.91 Å². The number of carbonyl (C=O) groups excluding carboxylic acids is 1. The van der Waals surface area contributed by atoms with E-state index in [9.17, 15) is 4.79 Å². The smallest absolute Gasteiger partial charge is 0.221 e. The Morgan fingerprint density at radius 2 is 1.83 bits per heavy atom. The van der Waals surface area contributed by atoms with Crippen LogP contribution in [0.2, 0.25) is 0 Å². The van der Waals surface area contributed by atoms with Gasteiger partial charge >= 0.3 is 0 Å². The summed E-state index contributed by atoms with van der Waals surface area (Å²) in [4.78, 5) is 11.1. The van der Waals surface area contributed by atoms with Gasteiger partial charge in [0.05, 0.1) is 5.71 Å². The summed E-state index contributed by atoms with van der Waals surface area (Å²) < 4.78 is 0. The zero-order valence-corrected chi connectivity index (χ0v) is 14.5. The summed E-state index contributed by atoms with van der Waals surface area (Å²) in [5.41, 5.74) is 6.38. The first kappa shape index (κ1) is 17.6. The maximum atomic E-state index is 11.1. The predicted octanol–water partition coefficient (Wildman–Crippen LogP) is 3.03. The Balaban J connectivity index is 1.91. The summed E-state index contributed by atoms with van der Waals surface area (Å²) >= 11 is 5.22. The van der Waals surface area contributed by atoms with Gasteiger partial charge in [-0.15, -0.1) is 0 Å². The van der Waals surface area contributed by atoms with E-state index in [2.05, 4.69) is 21.2 Å². The molecule has 0 fully saturated rings. The lowest BCUT2D eigenvalue weighted by Gasteiger charge is -2.09. The number of benzene rings is 2. The van der Waals surface area contributed by atoms with Crippen molar-refractivity contribution in [3.8, 4) is 0 Å². The van der Waals surface area contributed by atoms with Crippen molar-refractivity contribution in [2.24, 2.45) is 5.10 Å². The monoisotopic (exact) mass is 340 g/mol. The average Bonchev–Trinajstić information content (AvgIpc) is 2.58. The highest BCUT2D eigenvalue weighted by Crippen LogP contribution is 2.11. The molecular weight excluding hydrogens is 320 g/mol. The van der Waals surface area contributed by atoms with Crippen molar-refractivity contribution in [3.05, 3.63) is 65.7 Å². The molecule has 5 nitrogen and oxygen atoms in total. The maximum Gasteiger partial charge on any atom is 0.221 e. The molecule has 0 bridgehead atoms. The lowest BCUT2D eigenvalue weighted by atomic mass is 10.1. The van der Waals surface area contributed by atoms with Crippen LogP contribution in [0.15, 0.2) is 59.7 Å². The van der Waals surface area contributed by atoms with E-state index in [-0.39, 0.29) is 5.91 Å². The first-order valence-corrected chi connectivity index (χ1v) is 7.95. The minimum atomic E-state index is -0.105. The van der Waals surface area contributed by atoms with Crippen molar-refractivity contribution in [1.82, 2.24) is 10.7 Å². The molecule has 0 aliphatic heterocycles. The summed E-state index contributed by atoms with van der Waals surface area (Å²) in [6, 6.07) is 17.5. The van der Waals surface area contributed by atoms with Gasteiger partial charge in [0, 0.05) is 19.2 Å². The minimum Gasteiger partial charge on any atom is -0.357 e. The molecule has 0 aromatic heterocycles. The van der Waals surface area contributed by atoms with E-state index < -0.39 is 0 Å². The zero-order valence-electron chi connectivity index (χ0n) is 13.7. The molecule has 1 amide bonds. The van der Waals surface area contributed by atoms with E-state index in [0.29, 0.717) is 11.7 Å². The highest BCUT2D eigenvalue weighted by Gasteiger charge is 2.02. The normalized spacial score (nSPS) is 10.8. The van der Waals surface area contributed by atoms with E-state index in [4.69, 9.17) is 12.2 Å². The SMILES string of the molecule is CC(=O)Nc1cccc(C(C)=NNC(=S)NCc2ccccc2)c1. The number of nitrogens with zero attached hydrogens (tertiary/aromatic N) is 1. The van der Waals surface area contributed by atoms with Gasteiger partial charge in [0.25, 0.3) is 0 Å². The third-order valence-corrected chi connectivity index (χ3v) is 3.46. The Morgan fingerprint density at radius 1 is 1.08 bits per heavy atom. The molecule has 0 spiro atoms. The lowest BCUT2D eigenvalue weighted by Crippen LogP contribution is -2.32. The molecule has 0 saturated heterocycles. The first-order chi connectivity index (χ1) is 11.5. The Hall–Kier alpha value is -2.73. The summed E-state index contributed by atoms with van der Waals surface area (Å²) in [6.07, 6.45) is 0. The molecule has 0 aliphatic carbocycles. The lowest BCUT2D eigenvalue weighted by molar-refractivity contribution is -0.114. The van der Waals surface area contributed by atoms with Gasteiger partial charge in [-0.2, -0.15) is 5.10 Å². The second-order valence-corrected chi connectivity index (χ2v) is 5.65. The van der Waals surface area contributed by atoms with Crippen LogP contribution >= 0.6 is 12.2 Å². The van der Waals surface area contributed by atoms with Gasteiger partial charge < -0.3 is 10.6 Å². The van der Waals surface area contributed by atoms with Crippen LogP contribution in [0.25, 0.3) is 0 Å². The fourth-order valence-corrected chi connectivity index (χ4v) is 2.16. The van der Waals surface area contributed by atoms with Crippen LogP contribution in [-0.4, -0.2) is 16.7 Å². The van der Waals surface area contributed by atoms with Crippen LogP contribution in [0, 0.1) is 0 Å². The Labute approximate surface area is 147 Å². The van der Waals surface area contributed by atoms with E-state index in [1.807, 2.05) is 61.5 Å². The molecular formula is C18H20N4OS. The molecule has 3 N–H and O–H groups in total. The van der Waals surface area contributed by atoms with E-state index in [1.165, 1.54) is 6.92 Å². The Kier molecular flexibility index (Phi) is 6.45. The van der Waals surface area contributed by atoms with E-state index in [1.54, 1.807) is 0 Å². The summed E-state index contributed by atoms with van der Waals surface area (Å²) in [5, 5.41) is 10.6. The van der Waals surface area contributed by atoms with Gasteiger partial charge in [0.15, 0.2) is 5.11 Å². The maximum absolute atomic E-state index is 11.1. The number of carbonyl (C=O) groups is 1. The number of thiocarbonyl (C=S) groups is 1. The molecule has 0 atom stereocenters. The van der Waals surface area contributed by atoms with Crippen molar-refractivity contribution < 1.29 is 4.79 Å². The highest BCUT2D eigenvalue weighted by molar-refractivity contribution is 7.80. The van der Waals surface area contributed by atoms with E-state index >= 15 is 0 Å². The molecule has 0 saturated carbocycles. The number of anilines is 1. The molecule has 0 heterocycles. The minimum absolute atomic E-state index is 0.105. The van der Waals surface area contributed by atoms with Gasteiger partial charge in [-0.3, -0.25) is 10.2 Å². The predicted molar refractivity (Wildman–Crippen MR) is 102 cm³/mol. The first-order valence-electron chi connectivity index (χ1n) is 7.54. The summed E-state index contributed by atoms with van der Waals surface area (Å²) in [5.74, 6) is -0.105. The van der Waals surface area contributed by atoms with Crippen molar-refractivity contribution in [2.45, 2.75) is 20.4 Å². The fraction of sp³-hybridized carbons (Fsp3) is 0.167. The van der Waals surface area contributed by atoms with Crippen molar-refractivity contribution in [2.75, 3.05) is 5.32 Å². The largest absolute Gasteiger partial charge is 0.357 e. The topological polar surface area (TPSA) is 65.5 Å². The zero-order chi connectivity index (χ0) is 17.4. The summed E-state index contributed by atoms with van der Waals surface area (Å²) in [7, 11) is 0. The number of hydrazone groups is 1. The molecule has 124 valence electrons. The molecule has 6 heteroatoms. The third-order valence-electron chi connectivity index (χ3n) is 3.22. The van der Waals surface area contributed by atoms with Gasteiger partial charge in [0.1, 0.15) is 0 Å². The Bertz CT molecular complexity index is 744. The van der Waals surface area contributed by atoms with Crippen LogP contribution in [0.4, 0.5) is 5.69 Å². The van der Waals surface area contributed by atoms with Crippen LogP contribution in [0.1, 0.15) is 25.0 Å². The molecule has 2 aromatic carbocycles. The van der Waals surface area contributed by atoms with E-state index in [0.717, 1.165) is 22.5 Å². The fourth-order valence-electron chi connectivity index (χ4n) is 2.04. The van der Waals surface area contributed by atoms with Crippen molar-refractivity contribution >= 4 is 34.6 Å². The number of hydrogen-bond acceptors (Lipinski definition) is 3. The molecule has 0 radical (unpaired) electrons. The molecule has 2 rings (SSSR count). The number of hydrogen-bond donors (Lipinski definition) is 3. The van der Waals surface area contributed by atoms with Crippen LogP contribution < -0.4 is 16.1 Å². The molecule has 0 unspecified atom stereocenters. The van der Waals surface area contributed by atoms with Crippen molar-refractivity contribution in [3.63, 3.8) is 0 Å². The third kappa shape index (κ3) is 5.81. The number of rotatable bonds is 5. The highest BCUT2D eigenvalue weighted by atomic mass is 32.1. The second-order valence-electron chi connectivity index (χ2n) is 5.24. The van der Waals surface area contributed by atoms with Gasteiger partial charge in [-0.1, -0.05) is 42.5 Å². The number of amides is 1. The van der Waals surface area contributed by atoms with Crippen molar-refractivity contribution in [1.29, 1.82) is 0 Å². The number of nitrogens with one attached hydrogen (secondary N) is 3. The second kappa shape index (κ2) is 8.79. The van der Waals surface area contributed by atoms with Crippen LogP contribution in [-0.2, 0) is 11.3 Å². The Morgan fingerprint density at radius 3 is 2.54 bits per heavy atom. The quantitative estimate of drug-likeness (QED) is 0.445. The van der Waals surface area contributed by atoms with Crippen LogP contribution in [0.5, 0.6) is 0 Å². The molecule has 24 heavy (non-hydrogen) atoms. The van der Waals surface area contributed by atoms with Gasteiger partial charge in [-0.25, -0.2) is 0 Å². The van der Waals surface area contributed by atoms with Crippen LogP contribution in [0.3, 0.4) is 0 Å². The standard InChI is InChI=1S/C18H20N4OS/c1-13(16-9-6-10-17(11-16)20-14(2)23)21-22-18(24)19-12-15-7-4-3-5-8-15/h3-11H,12H2,1-2H3,(H,20,23)(H2,19,22,24). The average molecular weight is 340 g/mol.